The molecule has 1 unspecified atom stereocenters. The highest BCUT2D eigenvalue weighted by Gasteiger charge is 2.24. The highest BCUT2D eigenvalue weighted by atomic mass is 19.2. The van der Waals surface area contributed by atoms with Crippen molar-refractivity contribution in [3.63, 3.8) is 0 Å². The van der Waals surface area contributed by atoms with E-state index < -0.39 is 11.6 Å². The number of guanidine groups is 1. The van der Waals surface area contributed by atoms with Gasteiger partial charge in [-0.15, -0.1) is 0 Å². The van der Waals surface area contributed by atoms with Crippen molar-refractivity contribution in [2.75, 3.05) is 45.2 Å². The second kappa shape index (κ2) is 8.47. The number of nitrogens with one attached hydrogen (secondary N) is 2. The maximum absolute atomic E-state index is 13.4. The van der Waals surface area contributed by atoms with Crippen LogP contribution in [0.1, 0.15) is 20.3 Å². The predicted octanol–water partition coefficient (Wildman–Crippen LogP) is 2.38. The van der Waals surface area contributed by atoms with Crippen molar-refractivity contribution in [1.82, 2.24) is 10.6 Å². The summed E-state index contributed by atoms with van der Waals surface area (Å²) in [6, 6.07) is 4.07. The number of nitrogens with zero attached hydrogens (tertiary/aromatic N) is 2. The van der Waals surface area contributed by atoms with Crippen LogP contribution in [0.3, 0.4) is 0 Å². The number of ether oxygens (including phenoxy) is 1. The Morgan fingerprint density at radius 2 is 2.08 bits per heavy atom. The van der Waals surface area contributed by atoms with E-state index in [9.17, 15) is 8.78 Å². The molecule has 25 heavy (non-hydrogen) atoms. The summed E-state index contributed by atoms with van der Waals surface area (Å²) < 4.78 is 31.8. The molecule has 0 saturated carbocycles. The Morgan fingerprint density at radius 3 is 2.72 bits per heavy atom. The van der Waals surface area contributed by atoms with Gasteiger partial charge >= 0.3 is 0 Å². The Kier molecular flexibility index (Phi) is 6.58. The number of methoxy groups -OCH3 is 1. The fourth-order valence-electron chi connectivity index (χ4n) is 2.75. The first-order valence-electron chi connectivity index (χ1n) is 8.54. The van der Waals surface area contributed by atoms with Gasteiger partial charge in [-0.05, 0) is 38.3 Å². The lowest BCUT2D eigenvalue weighted by Gasteiger charge is -2.25. The quantitative estimate of drug-likeness (QED) is 0.608. The molecule has 0 aliphatic carbocycles. The summed E-state index contributed by atoms with van der Waals surface area (Å²) in [4.78, 5) is 6.30. The zero-order valence-electron chi connectivity index (χ0n) is 15.4. The first kappa shape index (κ1) is 19.4. The molecule has 1 aromatic rings. The molecule has 0 spiro atoms. The standard InChI is InChI=1S/C18H28F2N4O/c1-18(2,25-4)12-23-17(21-3)22-10-13-7-8-24(11-13)14-5-6-15(19)16(20)9-14/h5-6,9,13H,7-8,10-12H2,1-4H3,(H2,21,22,23). The molecule has 1 saturated heterocycles. The predicted molar refractivity (Wildman–Crippen MR) is 97.1 cm³/mol. The summed E-state index contributed by atoms with van der Waals surface area (Å²) in [7, 11) is 3.42. The molecule has 5 nitrogen and oxygen atoms in total. The maximum Gasteiger partial charge on any atom is 0.191 e. The van der Waals surface area contributed by atoms with Gasteiger partial charge in [-0.25, -0.2) is 8.78 Å². The number of hydrogen-bond acceptors (Lipinski definition) is 3. The average Bonchev–Trinajstić information content (AvgIpc) is 3.06. The molecule has 1 atom stereocenters. The minimum Gasteiger partial charge on any atom is -0.377 e. The van der Waals surface area contributed by atoms with Gasteiger partial charge in [-0.1, -0.05) is 0 Å². The smallest absolute Gasteiger partial charge is 0.191 e. The molecule has 1 aromatic carbocycles. The van der Waals surface area contributed by atoms with Gasteiger partial charge in [0.25, 0.3) is 0 Å². The van der Waals surface area contributed by atoms with Gasteiger partial charge in [-0.3, -0.25) is 4.99 Å². The van der Waals surface area contributed by atoms with Crippen LogP contribution in [-0.4, -0.2) is 51.9 Å². The third-order valence-corrected chi connectivity index (χ3v) is 4.57. The molecular weight excluding hydrogens is 326 g/mol. The molecule has 1 fully saturated rings. The number of rotatable bonds is 6. The SMILES string of the molecule is CN=C(NCC1CCN(c2ccc(F)c(F)c2)C1)NCC(C)(C)OC. The van der Waals surface area contributed by atoms with Crippen molar-refractivity contribution in [2.45, 2.75) is 25.9 Å². The summed E-state index contributed by atoms with van der Waals surface area (Å²) in [5.74, 6) is -0.460. The van der Waals surface area contributed by atoms with E-state index in [1.54, 1.807) is 20.2 Å². The lowest BCUT2D eigenvalue weighted by molar-refractivity contribution is 0.0268. The zero-order valence-corrected chi connectivity index (χ0v) is 15.4. The van der Waals surface area contributed by atoms with Crippen molar-refractivity contribution in [3.8, 4) is 0 Å². The van der Waals surface area contributed by atoms with Crippen LogP contribution in [0.15, 0.2) is 23.2 Å². The lowest BCUT2D eigenvalue weighted by Crippen LogP contribution is -2.46. The van der Waals surface area contributed by atoms with Crippen LogP contribution >= 0.6 is 0 Å². The van der Waals surface area contributed by atoms with Crippen molar-refractivity contribution in [3.05, 3.63) is 29.8 Å². The van der Waals surface area contributed by atoms with Crippen LogP contribution in [0.25, 0.3) is 0 Å². The first-order valence-corrected chi connectivity index (χ1v) is 8.54. The van der Waals surface area contributed by atoms with E-state index in [4.69, 9.17) is 4.74 Å². The Morgan fingerprint density at radius 1 is 1.32 bits per heavy atom. The Bertz CT molecular complexity index is 607. The van der Waals surface area contributed by atoms with Gasteiger partial charge in [0.15, 0.2) is 17.6 Å². The summed E-state index contributed by atoms with van der Waals surface area (Å²) in [6.07, 6.45) is 0.993. The van der Waals surface area contributed by atoms with E-state index in [-0.39, 0.29) is 5.60 Å². The van der Waals surface area contributed by atoms with Crippen LogP contribution in [0.2, 0.25) is 0 Å². The van der Waals surface area contributed by atoms with E-state index in [0.29, 0.717) is 12.5 Å². The van der Waals surface area contributed by atoms with Gasteiger partial charge in [0.1, 0.15) is 0 Å². The molecule has 0 amide bonds. The second-order valence-corrected chi connectivity index (χ2v) is 6.97. The van der Waals surface area contributed by atoms with Crippen molar-refractivity contribution >= 4 is 11.6 Å². The molecular formula is C18H28F2N4O. The number of halogens is 2. The molecule has 2 rings (SSSR count). The van der Waals surface area contributed by atoms with Crippen LogP contribution in [-0.2, 0) is 4.74 Å². The van der Waals surface area contributed by atoms with Gasteiger partial charge in [0.05, 0.1) is 5.60 Å². The zero-order chi connectivity index (χ0) is 18.4. The van der Waals surface area contributed by atoms with E-state index in [2.05, 4.69) is 20.5 Å². The second-order valence-electron chi connectivity index (χ2n) is 6.97. The molecule has 1 heterocycles. The number of hydrogen-bond donors (Lipinski definition) is 2. The van der Waals surface area contributed by atoms with Crippen LogP contribution in [0.5, 0.6) is 0 Å². The lowest BCUT2D eigenvalue weighted by atomic mass is 10.1. The normalized spacial score (nSPS) is 18.6. The van der Waals surface area contributed by atoms with Crippen molar-refractivity contribution < 1.29 is 13.5 Å². The number of aliphatic imine (C=N–C) groups is 1. The molecule has 1 aliphatic rings. The Hall–Kier alpha value is -1.89. The van der Waals surface area contributed by atoms with Gasteiger partial charge < -0.3 is 20.3 Å². The van der Waals surface area contributed by atoms with Gasteiger partial charge in [0, 0.05) is 52.1 Å². The molecule has 0 aromatic heterocycles. The summed E-state index contributed by atoms with van der Waals surface area (Å²) >= 11 is 0. The minimum absolute atomic E-state index is 0.269. The summed E-state index contributed by atoms with van der Waals surface area (Å²) in [5.41, 5.74) is 0.458. The van der Waals surface area contributed by atoms with Crippen molar-refractivity contribution in [2.24, 2.45) is 10.9 Å². The third-order valence-electron chi connectivity index (χ3n) is 4.57. The van der Waals surface area contributed by atoms with Crippen LogP contribution < -0.4 is 15.5 Å². The topological polar surface area (TPSA) is 48.9 Å². The van der Waals surface area contributed by atoms with E-state index in [0.717, 1.165) is 37.7 Å². The molecule has 1 aliphatic heterocycles. The number of benzene rings is 1. The Balaban J connectivity index is 1.81. The minimum atomic E-state index is -0.810. The fraction of sp³-hybridized carbons (Fsp3) is 0.611. The maximum atomic E-state index is 13.4. The molecule has 0 radical (unpaired) electrons. The van der Waals surface area contributed by atoms with E-state index >= 15 is 0 Å². The number of anilines is 1. The largest absolute Gasteiger partial charge is 0.377 e. The monoisotopic (exact) mass is 354 g/mol. The Labute approximate surface area is 148 Å². The van der Waals surface area contributed by atoms with E-state index in [1.165, 1.54) is 12.1 Å². The summed E-state index contributed by atoms with van der Waals surface area (Å²) in [6.45, 7) is 7.06. The first-order chi connectivity index (χ1) is 11.8. The van der Waals surface area contributed by atoms with Crippen LogP contribution in [0, 0.1) is 17.6 Å². The van der Waals surface area contributed by atoms with Gasteiger partial charge in [0.2, 0.25) is 0 Å². The van der Waals surface area contributed by atoms with Crippen LogP contribution in [0.4, 0.5) is 14.5 Å². The van der Waals surface area contributed by atoms with Gasteiger partial charge in [-0.2, -0.15) is 0 Å². The van der Waals surface area contributed by atoms with Crippen molar-refractivity contribution in [1.29, 1.82) is 0 Å². The highest BCUT2D eigenvalue weighted by Crippen LogP contribution is 2.24. The third kappa shape index (κ3) is 5.56. The highest BCUT2D eigenvalue weighted by molar-refractivity contribution is 5.79. The summed E-state index contributed by atoms with van der Waals surface area (Å²) in [5, 5.41) is 6.57. The fourth-order valence-corrected chi connectivity index (χ4v) is 2.75. The molecule has 0 bridgehead atoms. The molecule has 2 N–H and O–H groups in total. The van der Waals surface area contributed by atoms with E-state index in [1.807, 2.05) is 13.8 Å². The molecule has 7 heteroatoms. The average molecular weight is 354 g/mol. The molecule has 140 valence electrons.